The molecule has 0 aromatic rings. The summed E-state index contributed by atoms with van der Waals surface area (Å²) in [7, 11) is 0. The van der Waals surface area contributed by atoms with Gasteiger partial charge in [0.1, 0.15) is 0 Å². The lowest BCUT2D eigenvalue weighted by atomic mass is 10.0. The molecule has 1 nitrogen and oxygen atoms in total. The number of alkyl halides is 3. The first-order chi connectivity index (χ1) is 8.30. The summed E-state index contributed by atoms with van der Waals surface area (Å²) in [4.78, 5) is 11.1. The SMILES string of the molecule is C=CC/C(=C\C(=C/CC(F)(F)F)C(=O)Cl)CCC. The van der Waals surface area contributed by atoms with Crippen LogP contribution in [0.3, 0.4) is 0 Å². The summed E-state index contributed by atoms with van der Waals surface area (Å²) in [6.07, 6.45) is 0.436. The Labute approximate surface area is 110 Å². The Hall–Kier alpha value is -1.03. The third-order valence-corrected chi connectivity index (χ3v) is 2.34. The summed E-state index contributed by atoms with van der Waals surface area (Å²) in [5, 5.41) is -0.878. The van der Waals surface area contributed by atoms with Crippen LogP contribution in [0.15, 0.2) is 36.0 Å². The number of carbonyl (C=O) groups excluding carboxylic acids is 1. The molecule has 0 N–H and O–H groups in total. The Morgan fingerprint density at radius 2 is 2.00 bits per heavy atom. The lowest BCUT2D eigenvalue weighted by Crippen LogP contribution is -2.06. The molecule has 102 valence electrons. The highest BCUT2D eigenvalue weighted by atomic mass is 35.5. The van der Waals surface area contributed by atoms with Gasteiger partial charge < -0.3 is 0 Å². The fourth-order valence-corrected chi connectivity index (χ4v) is 1.51. The molecule has 18 heavy (non-hydrogen) atoms. The molecule has 0 unspecified atom stereocenters. The van der Waals surface area contributed by atoms with E-state index in [9.17, 15) is 18.0 Å². The highest BCUT2D eigenvalue weighted by molar-refractivity contribution is 6.68. The van der Waals surface area contributed by atoms with E-state index in [4.69, 9.17) is 11.6 Å². The molecule has 0 aliphatic heterocycles. The number of rotatable bonds is 7. The Balaban J connectivity index is 5.03. The molecule has 0 aromatic heterocycles. The van der Waals surface area contributed by atoms with Gasteiger partial charge in [0.15, 0.2) is 0 Å². The van der Waals surface area contributed by atoms with Crippen LogP contribution in [0.1, 0.15) is 32.6 Å². The minimum Gasteiger partial charge on any atom is -0.276 e. The van der Waals surface area contributed by atoms with Crippen molar-refractivity contribution in [3.05, 3.63) is 36.0 Å². The van der Waals surface area contributed by atoms with E-state index in [1.165, 1.54) is 6.08 Å². The number of allylic oxidation sites excluding steroid dienone is 5. The van der Waals surface area contributed by atoms with Crippen LogP contribution in [0.4, 0.5) is 13.2 Å². The standard InChI is InChI=1S/C13H16ClF3O/c1-3-5-10(6-4-2)9-11(12(14)18)7-8-13(15,16)17/h3,7,9H,1,4-6,8H2,2H3/b10-9+,11-7+. The highest BCUT2D eigenvalue weighted by Crippen LogP contribution is 2.23. The third-order valence-electron chi connectivity index (χ3n) is 2.12. The second kappa shape index (κ2) is 8.14. The van der Waals surface area contributed by atoms with Crippen LogP contribution in [-0.4, -0.2) is 11.4 Å². The van der Waals surface area contributed by atoms with Crippen molar-refractivity contribution in [2.75, 3.05) is 0 Å². The van der Waals surface area contributed by atoms with Crippen molar-refractivity contribution in [2.24, 2.45) is 0 Å². The minimum absolute atomic E-state index is 0.112. The van der Waals surface area contributed by atoms with Gasteiger partial charge in [0.25, 0.3) is 5.24 Å². The number of halogens is 4. The molecule has 0 heterocycles. The Kier molecular flexibility index (Phi) is 7.67. The molecule has 0 radical (unpaired) electrons. The normalized spacial score (nSPS) is 13.6. The van der Waals surface area contributed by atoms with Crippen molar-refractivity contribution in [3.8, 4) is 0 Å². The van der Waals surface area contributed by atoms with Crippen molar-refractivity contribution in [1.82, 2.24) is 0 Å². The zero-order valence-corrected chi connectivity index (χ0v) is 10.9. The van der Waals surface area contributed by atoms with Crippen LogP contribution < -0.4 is 0 Å². The molecule has 0 amide bonds. The largest absolute Gasteiger partial charge is 0.392 e. The molecule has 0 spiro atoms. The zero-order valence-electron chi connectivity index (χ0n) is 10.2. The molecule has 0 aromatic carbocycles. The van der Waals surface area contributed by atoms with Gasteiger partial charge in [-0.25, -0.2) is 0 Å². The van der Waals surface area contributed by atoms with E-state index in [1.54, 1.807) is 6.08 Å². The average molecular weight is 281 g/mol. The van der Waals surface area contributed by atoms with Gasteiger partial charge in [0, 0.05) is 5.57 Å². The fraction of sp³-hybridized carbons (Fsp3) is 0.462. The lowest BCUT2D eigenvalue weighted by molar-refractivity contribution is -0.125. The second-order valence-electron chi connectivity index (χ2n) is 3.80. The Morgan fingerprint density at radius 3 is 2.39 bits per heavy atom. The van der Waals surface area contributed by atoms with Crippen molar-refractivity contribution in [1.29, 1.82) is 0 Å². The maximum absolute atomic E-state index is 12.1. The van der Waals surface area contributed by atoms with Crippen molar-refractivity contribution in [3.63, 3.8) is 0 Å². The second-order valence-corrected chi connectivity index (χ2v) is 4.14. The van der Waals surface area contributed by atoms with E-state index >= 15 is 0 Å². The van der Waals surface area contributed by atoms with Gasteiger partial charge in [-0.15, -0.1) is 6.58 Å². The zero-order chi connectivity index (χ0) is 14.2. The molecular weight excluding hydrogens is 265 g/mol. The maximum Gasteiger partial charge on any atom is 0.392 e. The smallest absolute Gasteiger partial charge is 0.276 e. The topological polar surface area (TPSA) is 17.1 Å². The molecule has 0 fully saturated rings. The van der Waals surface area contributed by atoms with E-state index in [-0.39, 0.29) is 5.57 Å². The summed E-state index contributed by atoms with van der Waals surface area (Å²) in [5.74, 6) is 0. The molecule has 5 heteroatoms. The molecule has 0 saturated heterocycles. The number of hydrogen-bond donors (Lipinski definition) is 0. The molecule has 0 bridgehead atoms. The summed E-state index contributed by atoms with van der Waals surface area (Å²) in [6.45, 7) is 5.50. The molecule has 0 aliphatic carbocycles. The summed E-state index contributed by atoms with van der Waals surface area (Å²) in [5.41, 5.74) is 0.731. The van der Waals surface area contributed by atoms with Crippen LogP contribution in [0.25, 0.3) is 0 Å². The van der Waals surface area contributed by atoms with E-state index in [0.29, 0.717) is 12.8 Å². The molecular formula is C13H16ClF3O. The summed E-state index contributed by atoms with van der Waals surface area (Å²) < 4.78 is 36.2. The van der Waals surface area contributed by atoms with Crippen LogP contribution in [0.5, 0.6) is 0 Å². The van der Waals surface area contributed by atoms with Gasteiger partial charge in [-0.3, -0.25) is 4.79 Å². The molecule has 0 rings (SSSR count). The Bertz CT molecular complexity index is 354. The van der Waals surface area contributed by atoms with E-state index in [0.717, 1.165) is 18.1 Å². The van der Waals surface area contributed by atoms with Crippen LogP contribution in [-0.2, 0) is 4.79 Å². The van der Waals surface area contributed by atoms with Gasteiger partial charge in [-0.1, -0.05) is 37.1 Å². The predicted molar refractivity (Wildman–Crippen MR) is 67.4 cm³/mol. The van der Waals surface area contributed by atoms with E-state index in [2.05, 4.69) is 6.58 Å². The molecule has 0 atom stereocenters. The first kappa shape index (κ1) is 17.0. The van der Waals surface area contributed by atoms with Gasteiger partial charge in [0.2, 0.25) is 0 Å². The van der Waals surface area contributed by atoms with Crippen LogP contribution in [0.2, 0.25) is 0 Å². The fourth-order valence-electron chi connectivity index (χ4n) is 1.38. The third kappa shape index (κ3) is 8.12. The number of carbonyl (C=O) groups is 1. The van der Waals surface area contributed by atoms with Gasteiger partial charge in [-0.2, -0.15) is 13.2 Å². The lowest BCUT2D eigenvalue weighted by Gasteiger charge is -2.05. The van der Waals surface area contributed by atoms with Crippen molar-refractivity contribution < 1.29 is 18.0 Å². The summed E-state index contributed by atoms with van der Waals surface area (Å²) >= 11 is 5.27. The monoisotopic (exact) mass is 280 g/mol. The van der Waals surface area contributed by atoms with Crippen LogP contribution in [0, 0.1) is 0 Å². The predicted octanol–water partition coefficient (Wildman–Crippen LogP) is 4.93. The molecule has 0 aliphatic rings. The van der Waals surface area contributed by atoms with Gasteiger partial charge >= 0.3 is 6.18 Å². The van der Waals surface area contributed by atoms with Crippen molar-refractivity contribution in [2.45, 2.75) is 38.8 Å². The molecule has 0 saturated carbocycles. The minimum atomic E-state index is -4.34. The maximum atomic E-state index is 12.1. The number of hydrogen-bond acceptors (Lipinski definition) is 1. The first-order valence-electron chi connectivity index (χ1n) is 5.57. The van der Waals surface area contributed by atoms with Crippen molar-refractivity contribution >= 4 is 16.8 Å². The average Bonchev–Trinajstić information content (AvgIpc) is 2.22. The summed E-state index contributed by atoms with van der Waals surface area (Å²) in [6, 6.07) is 0. The van der Waals surface area contributed by atoms with E-state index in [1.807, 2.05) is 6.92 Å². The van der Waals surface area contributed by atoms with E-state index < -0.39 is 17.8 Å². The quantitative estimate of drug-likeness (QED) is 0.280. The first-order valence-corrected chi connectivity index (χ1v) is 5.95. The van der Waals surface area contributed by atoms with Gasteiger partial charge in [-0.05, 0) is 24.4 Å². The van der Waals surface area contributed by atoms with Gasteiger partial charge in [0.05, 0.1) is 6.42 Å². The highest BCUT2D eigenvalue weighted by Gasteiger charge is 2.25. The van der Waals surface area contributed by atoms with Crippen LogP contribution >= 0.6 is 11.6 Å². The Morgan fingerprint density at radius 1 is 1.39 bits per heavy atom.